The maximum atomic E-state index is 3.59. The van der Waals surface area contributed by atoms with E-state index in [0.717, 1.165) is 12.0 Å². The van der Waals surface area contributed by atoms with Crippen molar-refractivity contribution in [2.75, 3.05) is 26.7 Å². The molecule has 1 unspecified atom stereocenters. The molecular weight excluding hydrogens is 220 g/mol. The molecule has 18 heavy (non-hydrogen) atoms. The zero-order valence-electron chi connectivity index (χ0n) is 12.7. The van der Waals surface area contributed by atoms with Crippen molar-refractivity contribution in [3.05, 3.63) is 0 Å². The smallest absolute Gasteiger partial charge is 0.00926 e. The van der Waals surface area contributed by atoms with Crippen LogP contribution in [0.5, 0.6) is 0 Å². The van der Waals surface area contributed by atoms with Gasteiger partial charge in [0.05, 0.1) is 0 Å². The van der Waals surface area contributed by atoms with E-state index in [1.165, 1.54) is 64.6 Å². The number of nitrogens with one attached hydrogen (secondary N) is 1. The van der Waals surface area contributed by atoms with Crippen LogP contribution >= 0.6 is 0 Å². The molecule has 1 aliphatic heterocycles. The molecule has 1 N–H and O–H groups in total. The molecule has 0 bridgehead atoms. The molecule has 1 atom stereocenters. The van der Waals surface area contributed by atoms with Crippen molar-refractivity contribution >= 4 is 0 Å². The molecular formula is C16H32N2. The number of hydrogen-bond acceptors (Lipinski definition) is 2. The maximum Gasteiger partial charge on any atom is 0.00926 e. The first kappa shape index (κ1) is 14.3. The lowest BCUT2D eigenvalue weighted by Crippen LogP contribution is -2.43. The van der Waals surface area contributed by atoms with Gasteiger partial charge in [-0.15, -0.1) is 0 Å². The Labute approximate surface area is 114 Å². The molecule has 0 radical (unpaired) electrons. The van der Waals surface area contributed by atoms with Gasteiger partial charge < -0.3 is 10.2 Å². The van der Waals surface area contributed by atoms with E-state index in [1.54, 1.807) is 0 Å². The number of nitrogens with zero attached hydrogens (tertiary/aromatic N) is 1. The van der Waals surface area contributed by atoms with Crippen LogP contribution in [-0.2, 0) is 0 Å². The normalized spacial score (nSPS) is 37.3. The van der Waals surface area contributed by atoms with Crippen molar-refractivity contribution in [2.24, 2.45) is 11.3 Å². The van der Waals surface area contributed by atoms with Crippen LogP contribution in [0, 0.1) is 11.3 Å². The topological polar surface area (TPSA) is 15.3 Å². The molecule has 2 fully saturated rings. The molecule has 1 heterocycles. The van der Waals surface area contributed by atoms with E-state index in [9.17, 15) is 0 Å². The van der Waals surface area contributed by atoms with Gasteiger partial charge in [0.2, 0.25) is 0 Å². The van der Waals surface area contributed by atoms with Crippen LogP contribution in [0.1, 0.15) is 58.8 Å². The lowest BCUT2D eigenvalue weighted by Gasteiger charge is -2.39. The Morgan fingerprint density at radius 1 is 1.22 bits per heavy atom. The molecule has 0 spiro atoms. The summed E-state index contributed by atoms with van der Waals surface area (Å²) >= 11 is 0. The Morgan fingerprint density at radius 2 is 1.94 bits per heavy atom. The second-order valence-electron chi connectivity index (χ2n) is 7.01. The van der Waals surface area contributed by atoms with E-state index in [2.05, 4.69) is 31.1 Å². The fourth-order valence-electron chi connectivity index (χ4n) is 4.09. The SMILES string of the molecule is CCCC1(CN(C)C2CCC(C)CC2)CCNC1. The average molecular weight is 252 g/mol. The van der Waals surface area contributed by atoms with E-state index in [1.807, 2.05) is 0 Å². The van der Waals surface area contributed by atoms with Crippen LogP contribution < -0.4 is 5.32 Å². The zero-order chi connectivity index (χ0) is 13.0. The van der Waals surface area contributed by atoms with Gasteiger partial charge in [0.15, 0.2) is 0 Å². The van der Waals surface area contributed by atoms with Gasteiger partial charge in [-0.1, -0.05) is 20.3 Å². The average Bonchev–Trinajstić information content (AvgIpc) is 2.79. The van der Waals surface area contributed by atoms with Crippen LogP contribution in [0.25, 0.3) is 0 Å². The molecule has 0 aromatic heterocycles. The molecule has 2 aliphatic rings. The Kier molecular flexibility index (Phi) is 5.08. The molecule has 2 rings (SSSR count). The fraction of sp³-hybridized carbons (Fsp3) is 1.00. The van der Waals surface area contributed by atoms with E-state index >= 15 is 0 Å². The third kappa shape index (κ3) is 3.48. The van der Waals surface area contributed by atoms with Gasteiger partial charge in [-0.3, -0.25) is 0 Å². The van der Waals surface area contributed by atoms with Gasteiger partial charge in [-0.25, -0.2) is 0 Å². The lowest BCUT2D eigenvalue weighted by molar-refractivity contribution is 0.106. The first-order valence-corrected chi connectivity index (χ1v) is 8.06. The molecule has 2 nitrogen and oxygen atoms in total. The Balaban J connectivity index is 1.86. The van der Waals surface area contributed by atoms with E-state index in [-0.39, 0.29) is 0 Å². The van der Waals surface area contributed by atoms with Crippen LogP contribution in [0.15, 0.2) is 0 Å². The highest BCUT2D eigenvalue weighted by atomic mass is 15.1. The van der Waals surface area contributed by atoms with Crippen LogP contribution in [0.3, 0.4) is 0 Å². The summed E-state index contributed by atoms with van der Waals surface area (Å²) in [5.41, 5.74) is 0.576. The summed E-state index contributed by atoms with van der Waals surface area (Å²) in [5.74, 6) is 0.965. The second-order valence-corrected chi connectivity index (χ2v) is 7.01. The summed E-state index contributed by atoms with van der Waals surface area (Å²) in [7, 11) is 2.37. The maximum absolute atomic E-state index is 3.59. The minimum atomic E-state index is 0.576. The minimum Gasteiger partial charge on any atom is -0.316 e. The quantitative estimate of drug-likeness (QED) is 0.808. The van der Waals surface area contributed by atoms with Crippen molar-refractivity contribution in [2.45, 2.75) is 64.8 Å². The first-order valence-electron chi connectivity index (χ1n) is 8.06. The molecule has 0 amide bonds. The van der Waals surface area contributed by atoms with Crippen molar-refractivity contribution in [3.63, 3.8) is 0 Å². The van der Waals surface area contributed by atoms with Gasteiger partial charge in [-0.2, -0.15) is 0 Å². The Morgan fingerprint density at radius 3 is 2.50 bits per heavy atom. The Hall–Kier alpha value is -0.0800. The summed E-state index contributed by atoms with van der Waals surface area (Å²) in [6, 6.07) is 0.857. The molecule has 1 aliphatic carbocycles. The Bertz CT molecular complexity index is 237. The highest BCUT2D eigenvalue weighted by molar-refractivity contribution is 4.91. The van der Waals surface area contributed by atoms with E-state index in [0.29, 0.717) is 5.41 Å². The summed E-state index contributed by atoms with van der Waals surface area (Å²) in [6.07, 6.45) is 9.83. The highest BCUT2D eigenvalue weighted by Gasteiger charge is 2.35. The van der Waals surface area contributed by atoms with Gasteiger partial charge in [0.25, 0.3) is 0 Å². The number of hydrogen-bond donors (Lipinski definition) is 1. The monoisotopic (exact) mass is 252 g/mol. The summed E-state index contributed by atoms with van der Waals surface area (Å²) in [6.45, 7) is 8.54. The van der Waals surface area contributed by atoms with Gasteiger partial charge in [0.1, 0.15) is 0 Å². The minimum absolute atomic E-state index is 0.576. The fourth-order valence-corrected chi connectivity index (χ4v) is 4.09. The van der Waals surface area contributed by atoms with Crippen molar-refractivity contribution in [3.8, 4) is 0 Å². The largest absolute Gasteiger partial charge is 0.316 e. The summed E-state index contributed by atoms with van der Waals surface area (Å²) < 4.78 is 0. The van der Waals surface area contributed by atoms with Crippen molar-refractivity contribution in [1.82, 2.24) is 10.2 Å². The number of rotatable bonds is 5. The van der Waals surface area contributed by atoms with Crippen LogP contribution in [0.4, 0.5) is 0 Å². The molecule has 1 saturated carbocycles. The van der Waals surface area contributed by atoms with Gasteiger partial charge >= 0.3 is 0 Å². The van der Waals surface area contributed by atoms with Gasteiger partial charge in [0, 0.05) is 19.1 Å². The molecule has 106 valence electrons. The third-order valence-corrected chi connectivity index (χ3v) is 5.31. The van der Waals surface area contributed by atoms with E-state index < -0.39 is 0 Å². The molecule has 1 saturated heterocycles. The van der Waals surface area contributed by atoms with E-state index in [4.69, 9.17) is 0 Å². The zero-order valence-corrected chi connectivity index (χ0v) is 12.7. The molecule has 2 heteroatoms. The van der Waals surface area contributed by atoms with Crippen LogP contribution in [0.2, 0.25) is 0 Å². The van der Waals surface area contributed by atoms with Crippen molar-refractivity contribution < 1.29 is 0 Å². The molecule has 0 aromatic rings. The molecule has 0 aromatic carbocycles. The predicted molar refractivity (Wildman–Crippen MR) is 78.9 cm³/mol. The second kappa shape index (κ2) is 6.38. The summed E-state index contributed by atoms with van der Waals surface area (Å²) in [5, 5.41) is 3.59. The third-order valence-electron chi connectivity index (χ3n) is 5.31. The van der Waals surface area contributed by atoms with Crippen molar-refractivity contribution in [1.29, 1.82) is 0 Å². The lowest BCUT2D eigenvalue weighted by atomic mass is 9.80. The van der Waals surface area contributed by atoms with Gasteiger partial charge in [-0.05, 0) is 63.5 Å². The van der Waals surface area contributed by atoms with Crippen LogP contribution in [-0.4, -0.2) is 37.6 Å². The standard InChI is InChI=1S/C16H32N2/c1-4-9-16(10-11-17-12-16)13-18(3)15-7-5-14(2)6-8-15/h14-15,17H,4-13H2,1-3H3. The first-order chi connectivity index (χ1) is 8.65. The predicted octanol–water partition coefficient (Wildman–Crippen LogP) is 3.28. The highest BCUT2D eigenvalue weighted by Crippen LogP contribution is 2.34. The summed E-state index contributed by atoms with van der Waals surface area (Å²) in [4.78, 5) is 2.69.